The summed E-state index contributed by atoms with van der Waals surface area (Å²) in [5.41, 5.74) is 9.03. The van der Waals surface area contributed by atoms with Crippen LogP contribution in [0.5, 0.6) is 5.75 Å². The molecule has 0 radical (unpaired) electrons. The minimum absolute atomic E-state index is 0.293. The largest absolute Gasteiger partial charge is 0.493 e. The van der Waals surface area contributed by atoms with Crippen molar-refractivity contribution in [2.45, 2.75) is 13.8 Å². The zero-order chi connectivity index (χ0) is 13.5. The smallest absolute Gasteiger partial charge is 0.337 e. The summed E-state index contributed by atoms with van der Waals surface area (Å²) in [6.07, 6.45) is 0. The van der Waals surface area contributed by atoms with Gasteiger partial charge < -0.3 is 9.47 Å². The zero-order valence-electron chi connectivity index (χ0n) is 10.6. The van der Waals surface area contributed by atoms with Crippen LogP contribution in [0, 0.1) is 5.92 Å². The Bertz CT molecular complexity index is 479. The fourth-order valence-corrected chi connectivity index (χ4v) is 1.27. The van der Waals surface area contributed by atoms with Crippen LogP contribution in [0.1, 0.15) is 24.2 Å². The molecule has 1 aromatic carbocycles. The number of hydrogen-bond donors (Lipinski definition) is 0. The molecule has 0 heterocycles. The van der Waals surface area contributed by atoms with E-state index < -0.39 is 5.97 Å². The first-order chi connectivity index (χ1) is 8.56. The molecule has 96 valence electrons. The van der Waals surface area contributed by atoms with Gasteiger partial charge in [-0.1, -0.05) is 19.0 Å². The summed E-state index contributed by atoms with van der Waals surface area (Å²) in [6.45, 7) is 4.54. The number of carbonyl (C=O) groups is 1. The summed E-state index contributed by atoms with van der Waals surface area (Å²) in [6, 6.07) is 4.59. The summed E-state index contributed by atoms with van der Waals surface area (Å²) in [7, 11) is 1.29. The van der Waals surface area contributed by atoms with Crippen molar-refractivity contribution in [3.05, 3.63) is 34.2 Å². The molecule has 0 bridgehead atoms. The van der Waals surface area contributed by atoms with Gasteiger partial charge in [0.15, 0.2) is 0 Å². The highest BCUT2D eigenvalue weighted by molar-refractivity contribution is 5.90. The normalized spacial score (nSPS) is 9.78. The summed E-state index contributed by atoms with van der Waals surface area (Å²) >= 11 is 0. The lowest BCUT2D eigenvalue weighted by atomic mass is 10.2. The second-order valence-electron chi connectivity index (χ2n) is 4.10. The summed E-state index contributed by atoms with van der Waals surface area (Å²) in [5, 5.41) is 3.46. The third-order valence-electron chi connectivity index (χ3n) is 2.06. The number of carbonyl (C=O) groups excluding carboxylic acids is 1. The predicted octanol–water partition coefficient (Wildman–Crippen LogP) is 3.45. The van der Waals surface area contributed by atoms with Crippen LogP contribution in [0.2, 0.25) is 0 Å². The Balaban J connectivity index is 3.05. The summed E-state index contributed by atoms with van der Waals surface area (Å²) in [5.74, 6) is 0.336. The number of methoxy groups -OCH3 is 1. The van der Waals surface area contributed by atoms with Crippen molar-refractivity contribution in [2.75, 3.05) is 13.7 Å². The SMILES string of the molecule is COC(=O)c1cc(N=[N+]=[N-])cc(OCC(C)C)c1. The van der Waals surface area contributed by atoms with Crippen molar-refractivity contribution in [1.29, 1.82) is 0 Å². The third-order valence-corrected chi connectivity index (χ3v) is 2.06. The van der Waals surface area contributed by atoms with E-state index in [4.69, 9.17) is 10.3 Å². The Kier molecular flexibility index (Phi) is 5.02. The van der Waals surface area contributed by atoms with Crippen LogP contribution in [-0.4, -0.2) is 19.7 Å². The molecule has 18 heavy (non-hydrogen) atoms. The maximum Gasteiger partial charge on any atom is 0.337 e. The number of azide groups is 1. The van der Waals surface area contributed by atoms with E-state index in [1.807, 2.05) is 13.8 Å². The summed E-state index contributed by atoms with van der Waals surface area (Å²) in [4.78, 5) is 14.1. The third kappa shape index (κ3) is 3.99. The van der Waals surface area contributed by atoms with E-state index >= 15 is 0 Å². The molecule has 0 fully saturated rings. The minimum Gasteiger partial charge on any atom is -0.493 e. The van der Waals surface area contributed by atoms with Gasteiger partial charge in [-0.25, -0.2) is 4.79 Å². The Morgan fingerprint density at radius 2 is 2.17 bits per heavy atom. The fraction of sp³-hybridized carbons (Fsp3) is 0.417. The van der Waals surface area contributed by atoms with Gasteiger partial charge in [-0.2, -0.15) is 0 Å². The van der Waals surface area contributed by atoms with Crippen LogP contribution >= 0.6 is 0 Å². The van der Waals surface area contributed by atoms with Crippen LogP contribution in [0.15, 0.2) is 23.3 Å². The maximum atomic E-state index is 11.4. The number of esters is 1. The van der Waals surface area contributed by atoms with Crippen molar-refractivity contribution in [3.63, 3.8) is 0 Å². The number of benzene rings is 1. The standard InChI is InChI=1S/C12H15N3O3/c1-8(2)7-18-11-5-9(12(16)17-3)4-10(6-11)14-15-13/h4-6,8H,7H2,1-3H3. The average Bonchev–Trinajstić information content (AvgIpc) is 2.35. The van der Waals surface area contributed by atoms with Crippen molar-refractivity contribution in [1.82, 2.24) is 0 Å². The van der Waals surface area contributed by atoms with Gasteiger partial charge in [0.1, 0.15) is 5.75 Å². The Morgan fingerprint density at radius 3 is 2.72 bits per heavy atom. The molecule has 0 spiro atoms. The average molecular weight is 249 g/mol. The van der Waals surface area contributed by atoms with E-state index in [1.54, 1.807) is 12.1 Å². The van der Waals surface area contributed by atoms with E-state index in [-0.39, 0.29) is 0 Å². The van der Waals surface area contributed by atoms with Crippen molar-refractivity contribution in [2.24, 2.45) is 11.0 Å². The zero-order valence-corrected chi connectivity index (χ0v) is 10.6. The van der Waals surface area contributed by atoms with Crippen LogP contribution in [-0.2, 0) is 4.74 Å². The van der Waals surface area contributed by atoms with Gasteiger partial charge >= 0.3 is 5.97 Å². The monoisotopic (exact) mass is 249 g/mol. The second kappa shape index (κ2) is 6.51. The predicted molar refractivity (Wildman–Crippen MR) is 66.9 cm³/mol. The highest BCUT2D eigenvalue weighted by atomic mass is 16.5. The van der Waals surface area contributed by atoms with Crippen LogP contribution in [0.3, 0.4) is 0 Å². The van der Waals surface area contributed by atoms with Crippen LogP contribution in [0.25, 0.3) is 10.4 Å². The molecule has 0 aliphatic heterocycles. The van der Waals surface area contributed by atoms with Gasteiger partial charge in [-0.05, 0) is 29.6 Å². The van der Waals surface area contributed by atoms with Gasteiger partial charge in [0.2, 0.25) is 0 Å². The summed E-state index contributed by atoms with van der Waals surface area (Å²) < 4.78 is 10.1. The van der Waals surface area contributed by atoms with Gasteiger partial charge in [0, 0.05) is 10.6 Å². The number of rotatable bonds is 5. The Morgan fingerprint density at radius 1 is 1.44 bits per heavy atom. The van der Waals surface area contributed by atoms with Gasteiger partial charge in [0.05, 0.1) is 19.3 Å². The first-order valence-electron chi connectivity index (χ1n) is 5.48. The second-order valence-corrected chi connectivity index (χ2v) is 4.10. The molecule has 0 unspecified atom stereocenters. The number of nitrogens with zero attached hydrogens (tertiary/aromatic N) is 3. The van der Waals surface area contributed by atoms with Crippen molar-refractivity contribution >= 4 is 11.7 Å². The van der Waals surface area contributed by atoms with Crippen molar-refractivity contribution in [3.8, 4) is 5.75 Å². The molecule has 0 atom stereocenters. The lowest BCUT2D eigenvalue weighted by Gasteiger charge is -2.10. The highest BCUT2D eigenvalue weighted by Gasteiger charge is 2.09. The van der Waals surface area contributed by atoms with Gasteiger partial charge in [-0.3, -0.25) is 0 Å². The highest BCUT2D eigenvalue weighted by Crippen LogP contribution is 2.24. The molecule has 0 aliphatic rings. The molecule has 0 saturated carbocycles. The van der Waals surface area contributed by atoms with Crippen molar-refractivity contribution < 1.29 is 14.3 Å². The Hall–Kier alpha value is -2.20. The van der Waals surface area contributed by atoms with E-state index in [0.29, 0.717) is 29.5 Å². The van der Waals surface area contributed by atoms with Gasteiger partial charge in [0.25, 0.3) is 0 Å². The Labute approximate surface area is 105 Å². The minimum atomic E-state index is -0.501. The lowest BCUT2D eigenvalue weighted by molar-refractivity contribution is 0.0600. The van der Waals surface area contributed by atoms with E-state index in [0.717, 1.165) is 0 Å². The first kappa shape index (κ1) is 13.9. The molecule has 0 saturated heterocycles. The molecular formula is C12H15N3O3. The molecule has 0 aromatic heterocycles. The quantitative estimate of drug-likeness (QED) is 0.346. The molecular weight excluding hydrogens is 234 g/mol. The molecule has 1 rings (SSSR count). The lowest BCUT2D eigenvalue weighted by Crippen LogP contribution is -2.06. The van der Waals surface area contributed by atoms with Crippen LogP contribution < -0.4 is 4.74 Å². The van der Waals surface area contributed by atoms with E-state index in [1.165, 1.54) is 13.2 Å². The molecule has 6 nitrogen and oxygen atoms in total. The van der Waals surface area contributed by atoms with Gasteiger partial charge in [-0.15, -0.1) is 0 Å². The molecule has 0 aliphatic carbocycles. The number of ether oxygens (including phenoxy) is 2. The fourth-order valence-electron chi connectivity index (χ4n) is 1.27. The topological polar surface area (TPSA) is 84.3 Å². The molecule has 0 N–H and O–H groups in total. The maximum absolute atomic E-state index is 11.4. The number of hydrogen-bond acceptors (Lipinski definition) is 4. The molecule has 6 heteroatoms. The van der Waals surface area contributed by atoms with Crippen LogP contribution in [0.4, 0.5) is 5.69 Å². The van der Waals surface area contributed by atoms with E-state index in [9.17, 15) is 4.79 Å². The van der Waals surface area contributed by atoms with E-state index in [2.05, 4.69) is 14.8 Å². The molecule has 1 aromatic rings. The first-order valence-corrected chi connectivity index (χ1v) is 5.48. The molecule has 0 amide bonds.